The minimum Gasteiger partial charge on any atom is -0.480 e. The predicted octanol–water partition coefficient (Wildman–Crippen LogP) is -3.50. The van der Waals surface area contributed by atoms with Crippen LogP contribution >= 0.6 is 0 Å². The molecule has 0 unspecified atom stereocenters. The maximum atomic E-state index is 13.4. The molecule has 3 atom stereocenters. The fourth-order valence-electron chi connectivity index (χ4n) is 3.86. The second kappa shape index (κ2) is 16.3. The summed E-state index contributed by atoms with van der Waals surface area (Å²) in [5, 5.41) is 26.2. The highest BCUT2D eigenvalue weighted by atomic mass is 16.4. The Hall–Kier alpha value is -3.46. The van der Waals surface area contributed by atoms with Crippen LogP contribution in [0.1, 0.15) is 44.9 Å². The minimum absolute atomic E-state index is 0.200. The number of carbonyl (C=O) groups is 5. The third kappa shape index (κ3) is 10.9. The number of carboxylic acids is 1. The molecule has 36 heavy (non-hydrogen) atoms. The first-order chi connectivity index (χ1) is 17.1. The Bertz CT molecular complexity index is 794. The third-order valence-corrected chi connectivity index (χ3v) is 5.64. The zero-order chi connectivity index (χ0) is 27.1. The molecule has 1 heterocycles. The van der Waals surface area contributed by atoms with Gasteiger partial charge in [-0.3, -0.25) is 29.4 Å². The quantitative estimate of drug-likeness (QED) is 0.0558. The van der Waals surface area contributed by atoms with E-state index < -0.39 is 54.3 Å². The molecule has 0 radical (unpaired) electrons. The second-order valence-corrected chi connectivity index (χ2v) is 8.45. The standard InChI is InChI=1S/C21H39N9O6/c22-8-2-1-5-14(20(36)30-10-4-7-15(30)19(35)27-12-17(32)33)29-18(34)13(28-16(31)11-23)6-3-9-26-21(24)25/h13-15H,1-12,22-23H2,(H,27,35)(H,28,31)(H,29,34)(H,32,33)(H4,24,25,26)/t13-,14-,15-/m0/s1. The fourth-order valence-corrected chi connectivity index (χ4v) is 3.86. The third-order valence-electron chi connectivity index (χ3n) is 5.64. The van der Waals surface area contributed by atoms with Crippen molar-refractivity contribution in [1.82, 2.24) is 26.2 Å². The number of carbonyl (C=O) groups excluding carboxylic acids is 4. The molecule has 0 aromatic heterocycles. The van der Waals surface area contributed by atoms with Gasteiger partial charge in [-0.05, 0) is 51.5 Å². The van der Waals surface area contributed by atoms with Crippen LogP contribution in [0.25, 0.3) is 0 Å². The molecular weight excluding hydrogens is 474 g/mol. The van der Waals surface area contributed by atoms with Crippen LogP contribution in [-0.2, 0) is 24.0 Å². The molecule has 0 aliphatic carbocycles. The first-order valence-corrected chi connectivity index (χ1v) is 12.0. The number of hydrogen-bond acceptors (Lipinski definition) is 8. The van der Waals surface area contributed by atoms with Gasteiger partial charge in [0, 0.05) is 13.1 Å². The second-order valence-electron chi connectivity index (χ2n) is 8.45. The Labute approximate surface area is 209 Å². The van der Waals surface area contributed by atoms with Crippen molar-refractivity contribution in [3.8, 4) is 0 Å². The number of nitrogens with two attached hydrogens (primary N) is 3. The van der Waals surface area contributed by atoms with Gasteiger partial charge in [0.15, 0.2) is 5.96 Å². The number of aliphatic carboxylic acids is 1. The average Bonchev–Trinajstić information content (AvgIpc) is 3.33. The van der Waals surface area contributed by atoms with E-state index in [1.54, 1.807) is 0 Å². The van der Waals surface area contributed by atoms with Crippen molar-refractivity contribution in [2.75, 3.05) is 32.7 Å². The zero-order valence-corrected chi connectivity index (χ0v) is 20.4. The van der Waals surface area contributed by atoms with Crippen LogP contribution in [0.3, 0.4) is 0 Å². The normalized spacial score (nSPS) is 16.5. The first kappa shape index (κ1) is 30.6. The van der Waals surface area contributed by atoms with Gasteiger partial charge in [-0.2, -0.15) is 0 Å². The Morgan fingerprint density at radius 1 is 1.00 bits per heavy atom. The highest BCUT2D eigenvalue weighted by Gasteiger charge is 2.38. The molecule has 15 nitrogen and oxygen atoms in total. The molecule has 4 amide bonds. The summed E-state index contributed by atoms with van der Waals surface area (Å²) in [6, 6.07) is -2.78. The fraction of sp³-hybridized carbons (Fsp3) is 0.714. The van der Waals surface area contributed by atoms with Crippen molar-refractivity contribution in [3.63, 3.8) is 0 Å². The molecule has 1 aliphatic rings. The number of carboxylic acid groups (broad SMARTS) is 1. The summed E-state index contributed by atoms with van der Waals surface area (Å²) in [4.78, 5) is 63.0. The van der Waals surface area contributed by atoms with Crippen LogP contribution in [0.4, 0.5) is 0 Å². The summed E-state index contributed by atoms with van der Waals surface area (Å²) in [7, 11) is 0. The molecule has 12 N–H and O–H groups in total. The van der Waals surface area contributed by atoms with E-state index in [9.17, 15) is 24.0 Å². The smallest absolute Gasteiger partial charge is 0.322 e. The number of guanidine groups is 1. The number of hydrogen-bond donors (Lipinski definition) is 9. The van der Waals surface area contributed by atoms with E-state index in [0.29, 0.717) is 45.2 Å². The predicted molar refractivity (Wildman–Crippen MR) is 130 cm³/mol. The molecule has 1 fully saturated rings. The van der Waals surface area contributed by atoms with Crippen LogP contribution < -0.4 is 38.5 Å². The van der Waals surface area contributed by atoms with Gasteiger partial charge in [-0.1, -0.05) is 0 Å². The molecule has 0 aromatic rings. The number of unbranched alkanes of at least 4 members (excludes halogenated alkanes) is 1. The van der Waals surface area contributed by atoms with Gasteiger partial charge in [-0.25, -0.2) is 0 Å². The molecule has 0 aromatic carbocycles. The van der Waals surface area contributed by atoms with Crippen molar-refractivity contribution in [2.45, 2.75) is 63.1 Å². The summed E-state index contributed by atoms with van der Waals surface area (Å²) in [6.45, 7) is 0.107. The van der Waals surface area contributed by atoms with E-state index in [2.05, 4.69) is 21.3 Å². The highest BCUT2D eigenvalue weighted by Crippen LogP contribution is 2.20. The average molecular weight is 514 g/mol. The van der Waals surface area contributed by atoms with E-state index in [4.69, 9.17) is 27.7 Å². The van der Waals surface area contributed by atoms with Gasteiger partial charge in [0.25, 0.3) is 0 Å². The minimum atomic E-state index is -1.20. The number of rotatable bonds is 16. The monoisotopic (exact) mass is 513 g/mol. The van der Waals surface area contributed by atoms with E-state index in [0.717, 1.165) is 0 Å². The molecule has 1 aliphatic heterocycles. The van der Waals surface area contributed by atoms with Crippen molar-refractivity contribution >= 4 is 35.6 Å². The molecular formula is C21H39N9O6. The molecule has 204 valence electrons. The molecule has 0 bridgehead atoms. The molecule has 1 rings (SSSR count). The van der Waals surface area contributed by atoms with Gasteiger partial charge in [0.2, 0.25) is 23.6 Å². The SMILES string of the molecule is N=C(N)NCCC[C@H](NC(=O)CN)C(=O)N[C@@H](CCCCN)C(=O)N1CCC[C@H]1C(=O)NCC(=O)O. The maximum Gasteiger partial charge on any atom is 0.322 e. The highest BCUT2D eigenvalue weighted by molar-refractivity contribution is 5.95. The Morgan fingerprint density at radius 2 is 1.69 bits per heavy atom. The molecule has 0 saturated carbocycles. The lowest BCUT2D eigenvalue weighted by molar-refractivity contribution is -0.143. The number of likely N-dealkylation sites (tertiary alicyclic amines) is 1. The first-order valence-electron chi connectivity index (χ1n) is 12.0. The summed E-state index contributed by atoms with van der Waals surface area (Å²) in [6.07, 6.45) is 2.95. The Morgan fingerprint density at radius 3 is 2.31 bits per heavy atom. The van der Waals surface area contributed by atoms with Crippen LogP contribution in [0.15, 0.2) is 0 Å². The van der Waals surface area contributed by atoms with Gasteiger partial charge < -0.3 is 48.5 Å². The van der Waals surface area contributed by atoms with Gasteiger partial charge >= 0.3 is 5.97 Å². The summed E-state index contributed by atoms with van der Waals surface area (Å²) < 4.78 is 0. The zero-order valence-electron chi connectivity index (χ0n) is 20.4. The van der Waals surface area contributed by atoms with Gasteiger partial charge in [-0.15, -0.1) is 0 Å². The lowest BCUT2D eigenvalue weighted by Crippen LogP contribution is -2.57. The maximum absolute atomic E-state index is 13.4. The number of nitrogens with zero attached hydrogens (tertiary/aromatic N) is 1. The van der Waals surface area contributed by atoms with Crippen LogP contribution in [0, 0.1) is 5.41 Å². The Balaban J connectivity index is 2.96. The Kier molecular flexibility index (Phi) is 13.8. The molecule has 1 saturated heterocycles. The van der Waals surface area contributed by atoms with Crippen molar-refractivity contribution in [1.29, 1.82) is 5.41 Å². The van der Waals surface area contributed by atoms with Crippen molar-refractivity contribution in [3.05, 3.63) is 0 Å². The lowest BCUT2D eigenvalue weighted by atomic mass is 10.0. The van der Waals surface area contributed by atoms with Crippen LogP contribution in [0.2, 0.25) is 0 Å². The lowest BCUT2D eigenvalue weighted by Gasteiger charge is -2.30. The number of nitrogens with one attached hydrogen (secondary N) is 5. The summed E-state index contributed by atoms with van der Waals surface area (Å²) in [5.74, 6) is -3.58. The van der Waals surface area contributed by atoms with E-state index in [1.165, 1.54) is 4.90 Å². The van der Waals surface area contributed by atoms with Gasteiger partial charge in [0.05, 0.1) is 6.54 Å². The molecule has 0 spiro atoms. The van der Waals surface area contributed by atoms with Crippen LogP contribution in [-0.4, -0.2) is 96.4 Å². The summed E-state index contributed by atoms with van der Waals surface area (Å²) >= 11 is 0. The van der Waals surface area contributed by atoms with E-state index in [1.807, 2.05) is 0 Å². The topological polar surface area (TPSA) is 259 Å². The van der Waals surface area contributed by atoms with Gasteiger partial charge in [0.1, 0.15) is 24.7 Å². The van der Waals surface area contributed by atoms with Crippen LogP contribution in [0.5, 0.6) is 0 Å². The number of amides is 4. The summed E-state index contributed by atoms with van der Waals surface area (Å²) in [5.41, 5.74) is 16.2. The largest absolute Gasteiger partial charge is 0.480 e. The van der Waals surface area contributed by atoms with Crippen molar-refractivity contribution < 1.29 is 29.1 Å². The van der Waals surface area contributed by atoms with Crippen molar-refractivity contribution in [2.24, 2.45) is 17.2 Å². The molecule has 15 heteroatoms. The van der Waals surface area contributed by atoms with E-state index >= 15 is 0 Å². The van der Waals surface area contributed by atoms with E-state index in [-0.39, 0.29) is 31.9 Å².